The molecule has 0 radical (unpaired) electrons. The molecule has 0 aliphatic heterocycles. The van der Waals surface area contributed by atoms with E-state index in [-0.39, 0.29) is 12.4 Å². The number of alkyl halides is 3. The molecule has 1 amide bonds. The van der Waals surface area contributed by atoms with Crippen LogP contribution in [0.3, 0.4) is 0 Å². The maximum atomic E-state index is 13.7. The van der Waals surface area contributed by atoms with Gasteiger partial charge in [0.2, 0.25) is 17.4 Å². The van der Waals surface area contributed by atoms with Crippen LogP contribution < -0.4 is 14.8 Å². The summed E-state index contributed by atoms with van der Waals surface area (Å²) in [6.45, 7) is 2.43. The molecule has 0 saturated heterocycles. The van der Waals surface area contributed by atoms with Gasteiger partial charge in [0.1, 0.15) is 11.5 Å². The number of aryl methyl sites for hydroxylation is 1. The predicted molar refractivity (Wildman–Crippen MR) is 116 cm³/mol. The predicted octanol–water partition coefficient (Wildman–Crippen LogP) is 3.85. The van der Waals surface area contributed by atoms with E-state index in [1.807, 2.05) is 6.92 Å². The summed E-state index contributed by atoms with van der Waals surface area (Å²) < 4.78 is 53.3. The maximum absolute atomic E-state index is 13.7. The lowest BCUT2D eigenvalue weighted by molar-refractivity contribution is -0.271. The number of amides is 1. The Labute approximate surface area is 194 Å². The minimum absolute atomic E-state index is 0.159. The third-order valence-electron chi connectivity index (χ3n) is 4.91. The van der Waals surface area contributed by atoms with Crippen molar-refractivity contribution in [1.29, 1.82) is 0 Å². The van der Waals surface area contributed by atoms with Crippen LogP contribution in [0.15, 0.2) is 55.0 Å². The zero-order valence-corrected chi connectivity index (χ0v) is 18.7. The highest BCUT2D eigenvalue weighted by atomic mass is 19.4. The van der Waals surface area contributed by atoms with Gasteiger partial charge in [0.15, 0.2) is 5.82 Å². The zero-order chi connectivity index (χ0) is 24.8. The molecule has 2 N–H and O–H groups in total. The molecule has 3 aromatic rings. The molecule has 1 aromatic carbocycles. The molecule has 8 nitrogen and oxygen atoms in total. The van der Waals surface area contributed by atoms with Crippen molar-refractivity contribution in [2.75, 3.05) is 6.61 Å². The van der Waals surface area contributed by atoms with Gasteiger partial charge in [0.05, 0.1) is 13.0 Å². The number of aliphatic hydroxyl groups is 1. The van der Waals surface area contributed by atoms with Gasteiger partial charge in [-0.3, -0.25) is 4.79 Å². The molecule has 11 heteroatoms. The van der Waals surface area contributed by atoms with Crippen molar-refractivity contribution < 1.29 is 32.5 Å². The fraction of sp³-hybridized carbons (Fsp3) is 0.348. The smallest absolute Gasteiger partial charge is 0.425 e. The van der Waals surface area contributed by atoms with Crippen LogP contribution in [0.25, 0.3) is 0 Å². The summed E-state index contributed by atoms with van der Waals surface area (Å²) in [5, 5.41) is 12.8. The van der Waals surface area contributed by atoms with E-state index in [9.17, 15) is 23.1 Å². The molecule has 2 aromatic heterocycles. The van der Waals surface area contributed by atoms with E-state index in [0.29, 0.717) is 23.7 Å². The lowest BCUT2D eigenvalue weighted by Gasteiger charge is -2.29. The van der Waals surface area contributed by atoms with Crippen molar-refractivity contribution in [1.82, 2.24) is 19.9 Å². The number of pyridine rings is 1. The molecule has 3 rings (SSSR count). The summed E-state index contributed by atoms with van der Waals surface area (Å²) in [6.07, 6.45) is -1.63. The molecular weight excluding hydrogens is 453 g/mol. The number of ether oxygens (including phenoxy) is 2. The number of rotatable bonds is 10. The summed E-state index contributed by atoms with van der Waals surface area (Å²) in [5.74, 6) is -0.355. The summed E-state index contributed by atoms with van der Waals surface area (Å²) in [7, 11) is 1.30. The highest BCUT2D eigenvalue weighted by Crippen LogP contribution is 2.40. The van der Waals surface area contributed by atoms with E-state index in [1.54, 1.807) is 36.4 Å². The van der Waals surface area contributed by atoms with E-state index in [0.717, 1.165) is 17.2 Å². The van der Waals surface area contributed by atoms with Crippen LogP contribution in [-0.2, 0) is 24.0 Å². The Morgan fingerprint density at radius 1 is 1.12 bits per heavy atom. The molecule has 2 heterocycles. The molecule has 0 aliphatic rings. The second-order valence-corrected chi connectivity index (χ2v) is 7.56. The van der Waals surface area contributed by atoms with E-state index in [2.05, 4.69) is 15.3 Å². The van der Waals surface area contributed by atoms with Gasteiger partial charge in [0, 0.05) is 37.7 Å². The minimum atomic E-state index is -5.11. The Balaban J connectivity index is 1.68. The van der Waals surface area contributed by atoms with Crippen LogP contribution in [0.4, 0.5) is 13.2 Å². The third kappa shape index (κ3) is 5.84. The van der Waals surface area contributed by atoms with Crippen molar-refractivity contribution in [3.05, 3.63) is 66.4 Å². The number of carbonyl (C=O) groups is 1. The molecule has 1 atom stereocenters. The molecule has 0 bridgehead atoms. The number of benzene rings is 1. The molecule has 0 fully saturated rings. The first-order chi connectivity index (χ1) is 16.1. The van der Waals surface area contributed by atoms with Gasteiger partial charge in [-0.2, -0.15) is 13.2 Å². The average molecular weight is 478 g/mol. The first-order valence-corrected chi connectivity index (χ1v) is 10.5. The third-order valence-corrected chi connectivity index (χ3v) is 4.91. The number of nitrogens with zero attached hydrogens (tertiary/aromatic N) is 3. The van der Waals surface area contributed by atoms with Crippen LogP contribution in [0.5, 0.6) is 17.4 Å². The highest BCUT2D eigenvalue weighted by molar-refractivity contribution is 5.77. The van der Waals surface area contributed by atoms with E-state index >= 15 is 0 Å². The number of aromatic nitrogens is 3. The monoisotopic (exact) mass is 478 g/mol. The number of nitrogens with one attached hydrogen (secondary N) is 1. The zero-order valence-electron chi connectivity index (χ0n) is 18.7. The van der Waals surface area contributed by atoms with Gasteiger partial charge in [-0.15, -0.1) is 0 Å². The maximum Gasteiger partial charge on any atom is 0.425 e. The summed E-state index contributed by atoms with van der Waals surface area (Å²) >= 11 is 0. The number of imidazole rings is 1. The second-order valence-electron chi connectivity index (χ2n) is 7.56. The molecule has 1 unspecified atom stereocenters. The lowest BCUT2D eigenvalue weighted by Crippen LogP contribution is -2.47. The summed E-state index contributed by atoms with van der Waals surface area (Å²) in [4.78, 5) is 20.1. The Hall–Kier alpha value is -3.60. The fourth-order valence-electron chi connectivity index (χ4n) is 3.14. The molecule has 34 heavy (non-hydrogen) atoms. The first-order valence-electron chi connectivity index (χ1n) is 10.5. The van der Waals surface area contributed by atoms with Crippen LogP contribution in [0.2, 0.25) is 0 Å². The first kappa shape index (κ1) is 25.0. The van der Waals surface area contributed by atoms with Gasteiger partial charge in [-0.1, -0.05) is 13.0 Å². The molecule has 0 saturated carbocycles. The summed E-state index contributed by atoms with van der Waals surface area (Å²) in [5.41, 5.74) is -3.00. The van der Waals surface area contributed by atoms with E-state index < -0.39 is 29.9 Å². The standard InChI is InChI=1S/C23H25F3N4O4/c1-3-13-33-17-6-8-18(9-7-17)34-20-16(5-4-10-27-20)15-29-19(31)14-22(32,23(24,25)26)21-28-11-12-30(21)2/h4-12,32H,3,13-15H2,1-2H3,(H,29,31). The van der Waals surface area contributed by atoms with Gasteiger partial charge in [-0.05, 0) is 36.8 Å². The van der Waals surface area contributed by atoms with Crippen molar-refractivity contribution in [2.24, 2.45) is 7.05 Å². The quantitative estimate of drug-likeness (QED) is 0.459. The van der Waals surface area contributed by atoms with Crippen LogP contribution in [-0.4, -0.2) is 38.3 Å². The Kier molecular flexibility index (Phi) is 7.77. The summed E-state index contributed by atoms with van der Waals surface area (Å²) in [6, 6.07) is 10.1. The largest absolute Gasteiger partial charge is 0.494 e. The molecule has 182 valence electrons. The van der Waals surface area contributed by atoms with E-state index in [1.165, 1.54) is 19.4 Å². The van der Waals surface area contributed by atoms with Crippen LogP contribution in [0, 0.1) is 0 Å². The lowest BCUT2D eigenvalue weighted by atomic mass is 9.97. The molecule has 0 spiro atoms. The molecule has 0 aliphatic carbocycles. The second kappa shape index (κ2) is 10.6. The van der Waals surface area contributed by atoms with Gasteiger partial charge in [0.25, 0.3) is 0 Å². The van der Waals surface area contributed by atoms with Crippen molar-refractivity contribution in [3.63, 3.8) is 0 Å². The van der Waals surface area contributed by atoms with Crippen molar-refractivity contribution >= 4 is 5.91 Å². The normalized spacial score (nSPS) is 13.2. The number of hydrogen-bond donors (Lipinski definition) is 2. The Morgan fingerprint density at radius 3 is 2.44 bits per heavy atom. The van der Waals surface area contributed by atoms with Crippen LogP contribution >= 0.6 is 0 Å². The van der Waals surface area contributed by atoms with E-state index in [4.69, 9.17) is 9.47 Å². The number of carbonyl (C=O) groups excluding carboxylic acids is 1. The van der Waals surface area contributed by atoms with Crippen molar-refractivity contribution in [2.45, 2.75) is 38.1 Å². The molecular formula is C23H25F3N4O4. The number of halogens is 3. The minimum Gasteiger partial charge on any atom is -0.494 e. The highest BCUT2D eigenvalue weighted by Gasteiger charge is 2.58. The van der Waals surface area contributed by atoms with Gasteiger partial charge >= 0.3 is 6.18 Å². The van der Waals surface area contributed by atoms with Gasteiger partial charge in [-0.25, -0.2) is 9.97 Å². The van der Waals surface area contributed by atoms with Gasteiger partial charge < -0.3 is 24.5 Å². The fourth-order valence-corrected chi connectivity index (χ4v) is 3.14. The Morgan fingerprint density at radius 2 is 1.82 bits per heavy atom. The van der Waals surface area contributed by atoms with Crippen LogP contribution in [0.1, 0.15) is 31.2 Å². The SMILES string of the molecule is CCCOc1ccc(Oc2ncccc2CNC(=O)CC(O)(c2nccn2C)C(F)(F)F)cc1. The topological polar surface area (TPSA) is 98.5 Å². The average Bonchev–Trinajstić information content (AvgIpc) is 3.23. The number of hydrogen-bond acceptors (Lipinski definition) is 6. The van der Waals surface area contributed by atoms with Crippen molar-refractivity contribution in [3.8, 4) is 17.4 Å². The Bertz CT molecular complexity index is 1100.